The van der Waals surface area contributed by atoms with Gasteiger partial charge in [-0.25, -0.2) is 5.43 Å². The van der Waals surface area contributed by atoms with Crippen LogP contribution in [0.2, 0.25) is 0 Å². The summed E-state index contributed by atoms with van der Waals surface area (Å²) < 4.78 is 6.43. The highest BCUT2D eigenvalue weighted by Crippen LogP contribution is 2.34. The van der Waals surface area contributed by atoms with Gasteiger partial charge in [-0.3, -0.25) is 14.9 Å². The maximum Gasteiger partial charge on any atom is 0.312 e. The van der Waals surface area contributed by atoms with Gasteiger partial charge in [0.25, 0.3) is 0 Å². The number of furan rings is 1. The van der Waals surface area contributed by atoms with Gasteiger partial charge in [0.2, 0.25) is 5.75 Å². The number of hydrazone groups is 1. The van der Waals surface area contributed by atoms with Crippen LogP contribution in [0.5, 0.6) is 5.75 Å². The van der Waals surface area contributed by atoms with E-state index in [1.165, 1.54) is 12.3 Å². The number of phenols is 1. The molecule has 0 saturated heterocycles. The van der Waals surface area contributed by atoms with Crippen LogP contribution in [0.25, 0.3) is 11.0 Å². The summed E-state index contributed by atoms with van der Waals surface area (Å²) in [6, 6.07) is 9.47. The van der Waals surface area contributed by atoms with Gasteiger partial charge in [0, 0.05) is 21.5 Å². The number of phenolic OH excluding ortho intramolecular Hbond substituents is 1. The first-order chi connectivity index (χ1) is 12.3. The van der Waals surface area contributed by atoms with E-state index in [1.807, 2.05) is 6.07 Å². The van der Waals surface area contributed by atoms with E-state index >= 15 is 0 Å². The van der Waals surface area contributed by atoms with Gasteiger partial charge < -0.3 is 9.52 Å². The van der Waals surface area contributed by atoms with Crippen molar-refractivity contribution in [3.63, 3.8) is 0 Å². The van der Waals surface area contributed by atoms with Crippen molar-refractivity contribution in [2.24, 2.45) is 5.10 Å². The first kappa shape index (κ1) is 18.1. The van der Waals surface area contributed by atoms with Crippen molar-refractivity contribution in [1.29, 1.82) is 0 Å². The summed E-state index contributed by atoms with van der Waals surface area (Å²) in [6.45, 7) is 0. The minimum absolute atomic E-state index is 0.0770. The molecule has 0 aliphatic heterocycles. The normalized spacial score (nSPS) is 11.2. The second-order valence-corrected chi connectivity index (χ2v) is 6.89. The number of hydrogen-bond donors (Lipinski definition) is 2. The Morgan fingerprint density at radius 3 is 2.77 bits per heavy atom. The summed E-state index contributed by atoms with van der Waals surface area (Å²) in [5.41, 5.74) is 2.68. The van der Waals surface area contributed by atoms with E-state index in [4.69, 9.17) is 4.42 Å². The molecule has 2 N–H and O–H groups in total. The number of amides is 1. The number of carbonyl (C=O) groups is 1. The largest absolute Gasteiger partial charge is 0.501 e. The zero-order valence-corrected chi connectivity index (χ0v) is 15.9. The van der Waals surface area contributed by atoms with Crippen LogP contribution >= 0.6 is 31.9 Å². The third-order valence-corrected chi connectivity index (χ3v) is 4.44. The number of rotatable bonds is 4. The van der Waals surface area contributed by atoms with Crippen LogP contribution in [0.15, 0.2) is 54.9 Å². The van der Waals surface area contributed by atoms with Crippen LogP contribution in [0, 0.1) is 10.1 Å². The molecular weight excluding hydrogens is 474 g/mol. The van der Waals surface area contributed by atoms with Crippen LogP contribution < -0.4 is 5.43 Å². The van der Waals surface area contributed by atoms with E-state index in [1.54, 1.807) is 18.2 Å². The lowest BCUT2D eigenvalue weighted by molar-refractivity contribution is -0.386. The van der Waals surface area contributed by atoms with Crippen molar-refractivity contribution in [3.05, 3.63) is 66.8 Å². The van der Waals surface area contributed by atoms with Gasteiger partial charge >= 0.3 is 11.6 Å². The Morgan fingerprint density at radius 2 is 2.04 bits per heavy atom. The topological polar surface area (TPSA) is 118 Å². The summed E-state index contributed by atoms with van der Waals surface area (Å²) in [4.78, 5) is 22.3. The van der Waals surface area contributed by atoms with E-state index in [2.05, 4.69) is 42.4 Å². The monoisotopic (exact) mass is 481 g/mol. The fourth-order valence-electron chi connectivity index (χ4n) is 2.17. The molecule has 2 aromatic carbocycles. The molecule has 0 fully saturated rings. The average Bonchev–Trinajstić information content (AvgIpc) is 3.00. The Hall–Kier alpha value is -2.72. The molecule has 0 aliphatic carbocycles. The van der Waals surface area contributed by atoms with Crippen molar-refractivity contribution in [1.82, 2.24) is 5.43 Å². The lowest BCUT2D eigenvalue weighted by Crippen LogP contribution is -2.16. The number of nitrogens with one attached hydrogen (secondary N) is 1. The van der Waals surface area contributed by atoms with Gasteiger partial charge in [0.15, 0.2) is 5.76 Å². The number of halogens is 2. The number of fused-ring (bicyclic) bond motifs is 1. The number of nitro groups is 1. The lowest BCUT2D eigenvalue weighted by atomic mass is 10.2. The number of aromatic hydroxyl groups is 1. The molecule has 0 radical (unpaired) electrons. The van der Waals surface area contributed by atoms with E-state index in [-0.39, 0.29) is 10.2 Å². The highest BCUT2D eigenvalue weighted by molar-refractivity contribution is 9.10. The molecule has 0 atom stereocenters. The van der Waals surface area contributed by atoms with Gasteiger partial charge in [-0.15, -0.1) is 0 Å². The summed E-state index contributed by atoms with van der Waals surface area (Å²) in [7, 11) is 0. The van der Waals surface area contributed by atoms with Crippen LogP contribution in [-0.4, -0.2) is 22.2 Å². The molecule has 3 aromatic rings. The number of nitro benzene ring substituents is 1. The van der Waals surface area contributed by atoms with Crippen LogP contribution in [0.1, 0.15) is 16.1 Å². The maximum absolute atomic E-state index is 12.1. The molecule has 1 aromatic heterocycles. The smallest absolute Gasteiger partial charge is 0.312 e. The molecule has 132 valence electrons. The number of nitrogens with zero attached hydrogens (tertiary/aromatic N) is 2. The third kappa shape index (κ3) is 3.75. The summed E-state index contributed by atoms with van der Waals surface area (Å²) in [5.74, 6) is -0.973. The van der Waals surface area contributed by atoms with Gasteiger partial charge in [0.05, 0.1) is 15.6 Å². The Bertz CT molecular complexity index is 1060. The fourth-order valence-corrected chi connectivity index (χ4v) is 3.01. The van der Waals surface area contributed by atoms with Crippen molar-refractivity contribution in [3.8, 4) is 5.75 Å². The standard InChI is InChI=1S/C16H9Br2N3O5/c17-10-1-2-13-9(5-10)6-14(26-13)16(23)20-19-7-8-3-11(18)15(22)12(4-8)21(24)25/h1-7,22H,(H,20,23)/b19-7+. The Kier molecular flexibility index (Phi) is 5.05. The molecule has 1 amide bonds. The zero-order valence-electron chi connectivity index (χ0n) is 12.8. The molecule has 8 nitrogen and oxygen atoms in total. The number of benzene rings is 2. The van der Waals surface area contributed by atoms with Crippen molar-refractivity contribution < 1.29 is 19.2 Å². The second-order valence-electron chi connectivity index (χ2n) is 5.12. The predicted molar refractivity (Wildman–Crippen MR) is 101 cm³/mol. The fraction of sp³-hybridized carbons (Fsp3) is 0. The molecule has 0 spiro atoms. The summed E-state index contributed by atoms with van der Waals surface area (Å²) >= 11 is 6.36. The minimum Gasteiger partial charge on any atom is -0.501 e. The molecule has 0 bridgehead atoms. The Labute approximate surface area is 162 Å². The van der Waals surface area contributed by atoms with Gasteiger partial charge in [-0.2, -0.15) is 5.10 Å². The van der Waals surface area contributed by atoms with Crippen LogP contribution in [0.3, 0.4) is 0 Å². The molecule has 26 heavy (non-hydrogen) atoms. The average molecular weight is 483 g/mol. The van der Waals surface area contributed by atoms with Gasteiger partial charge in [-0.05, 0) is 46.3 Å². The summed E-state index contributed by atoms with van der Waals surface area (Å²) in [6.07, 6.45) is 1.22. The second kappa shape index (κ2) is 7.26. The first-order valence-corrected chi connectivity index (χ1v) is 8.63. The Morgan fingerprint density at radius 1 is 1.27 bits per heavy atom. The molecule has 3 rings (SSSR count). The zero-order chi connectivity index (χ0) is 18.8. The van der Waals surface area contributed by atoms with Crippen molar-refractivity contribution >= 4 is 60.6 Å². The third-order valence-electron chi connectivity index (χ3n) is 3.34. The van der Waals surface area contributed by atoms with Gasteiger partial charge in [-0.1, -0.05) is 15.9 Å². The van der Waals surface area contributed by atoms with Crippen LogP contribution in [-0.2, 0) is 0 Å². The van der Waals surface area contributed by atoms with Crippen molar-refractivity contribution in [2.45, 2.75) is 0 Å². The molecule has 1 heterocycles. The van der Waals surface area contributed by atoms with Gasteiger partial charge in [0.1, 0.15) is 5.58 Å². The maximum atomic E-state index is 12.1. The summed E-state index contributed by atoms with van der Waals surface area (Å²) in [5, 5.41) is 25.0. The predicted octanol–water partition coefficient (Wildman–Crippen LogP) is 4.34. The highest BCUT2D eigenvalue weighted by Gasteiger charge is 2.17. The number of hydrogen-bond acceptors (Lipinski definition) is 6. The van der Waals surface area contributed by atoms with E-state index in [0.717, 1.165) is 15.9 Å². The minimum atomic E-state index is -0.720. The molecule has 0 saturated carbocycles. The highest BCUT2D eigenvalue weighted by atomic mass is 79.9. The number of carbonyl (C=O) groups excluding carboxylic acids is 1. The first-order valence-electron chi connectivity index (χ1n) is 7.04. The molecular formula is C16H9Br2N3O5. The Balaban J connectivity index is 1.77. The van der Waals surface area contributed by atoms with E-state index in [0.29, 0.717) is 11.1 Å². The van der Waals surface area contributed by atoms with Crippen molar-refractivity contribution in [2.75, 3.05) is 0 Å². The quantitative estimate of drug-likeness (QED) is 0.326. The van der Waals surface area contributed by atoms with E-state index in [9.17, 15) is 20.0 Å². The molecule has 10 heteroatoms. The van der Waals surface area contributed by atoms with E-state index < -0.39 is 22.3 Å². The van der Waals surface area contributed by atoms with Crippen LogP contribution in [0.4, 0.5) is 5.69 Å². The molecule has 0 unspecified atom stereocenters. The lowest BCUT2D eigenvalue weighted by Gasteiger charge is -2.01. The SMILES string of the molecule is O=C(N/N=C/c1cc(Br)c(O)c([N+](=O)[O-])c1)c1cc2cc(Br)ccc2o1. The molecule has 0 aliphatic rings.